The van der Waals surface area contributed by atoms with E-state index in [-0.39, 0.29) is 11.0 Å². The maximum atomic E-state index is 11.6. The Morgan fingerprint density at radius 3 is 2.65 bits per heavy atom. The zero-order valence-electron chi connectivity index (χ0n) is 13.9. The number of rotatable bonds is 3. The van der Waals surface area contributed by atoms with E-state index in [2.05, 4.69) is 20.1 Å². The number of allylic oxidation sites excluding steroid dienone is 1. The van der Waals surface area contributed by atoms with Crippen LogP contribution in [-0.4, -0.2) is 31.9 Å². The van der Waals surface area contributed by atoms with Crippen LogP contribution in [0.2, 0.25) is 0 Å². The summed E-state index contributed by atoms with van der Waals surface area (Å²) in [4.78, 5) is 24.5. The standard InChI is InChI=1S/C19H14ClN5O/c1-12-6-5-9-21-17(12)25-18(14-10-15(20)19(26)22-11-14)23-16(24-25)13-7-3-2-4-8-13/h2-11,14H,1H3. The summed E-state index contributed by atoms with van der Waals surface area (Å²) in [7, 11) is 0. The fraction of sp³-hybridized carbons (Fsp3) is 0.105. The molecular formula is C19H14ClN5O. The van der Waals surface area contributed by atoms with Crippen LogP contribution in [0.15, 0.2) is 64.8 Å². The Labute approximate surface area is 154 Å². The first kappa shape index (κ1) is 16.4. The van der Waals surface area contributed by atoms with Crippen LogP contribution in [0.25, 0.3) is 17.2 Å². The molecule has 1 aliphatic rings. The summed E-state index contributed by atoms with van der Waals surface area (Å²) in [5.41, 5.74) is 1.84. The van der Waals surface area contributed by atoms with Gasteiger partial charge < -0.3 is 0 Å². The van der Waals surface area contributed by atoms with Crippen LogP contribution in [0.1, 0.15) is 17.3 Å². The summed E-state index contributed by atoms with van der Waals surface area (Å²) in [5.74, 6) is 1.02. The number of hydrogen-bond acceptors (Lipinski definition) is 4. The maximum Gasteiger partial charge on any atom is 0.287 e. The Morgan fingerprint density at radius 2 is 1.92 bits per heavy atom. The molecular weight excluding hydrogens is 350 g/mol. The molecule has 0 fully saturated rings. The first-order chi connectivity index (χ1) is 12.6. The van der Waals surface area contributed by atoms with Gasteiger partial charge in [0.25, 0.3) is 5.91 Å². The van der Waals surface area contributed by atoms with Crippen molar-refractivity contribution in [1.82, 2.24) is 19.7 Å². The molecule has 1 aliphatic heterocycles. The third-order valence-electron chi connectivity index (χ3n) is 4.03. The van der Waals surface area contributed by atoms with Gasteiger partial charge in [0.2, 0.25) is 0 Å². The summed E-state index contributed by atoms with van der Waals surface area (Å²) >= 11 is 5.99. The second-order valence-corrected chi connectivity index (χ2v) is 6.25. The SMILES string of the molecule is Cc1cccnc1-n1nc(-c2ccccc2)nc1C1C=NC(=O)C(Cl)=C1. The van der Waals surface area contributed by atoms with Crippen LogP contribution < -0.4 is 0 Å². The number of amides is 1. The first-order valence-corrected chi connectivity index (χ1v) is 8.41. The Kier molecular flexibility index (Phi) is 4.18. The number of nitrogens with zero attached hydrogens (tertiary/aromatic N) is 5. The Balaban J connectivity index is 1.89. The Morgan fingerprint density at radius 1 is 1.12 bits per heavy atom. The van der Waals surface area contributed by atoms with E-state index in [0.29, 0.717) is 17.5 Å². The number of aliphatic imine (C=N–C) groups is 1. The summed E-state index contributed by atoms with van der Waals surface area (Å²) in [6.45, 7) is 1.96. The predicted octanol–water partition coefficient (Wildman–Crippen LogP) is 3.46. The zero-order chi connectivity index (χ0) is 18.1. The molecule has 26 heavy (non-hydrogen) atoms. The lowest BCUT2D eigenvalue weighted by Crippen LogP contribution is -2.14. The molecule has 0 spiro atoms. The summed E-state index contributed by atoms with van der Waals surface area (Å²) in [5, 5.41) is 4.73. The highest BCUT2D eigenvalue weighted by Gasteiger charge is 2.24. The van der Waals surface area contributed by atoms with Gasteiger partial charge in [-0.15, -0.1) is 5.10 Å². The number of benzene rings is 1. The van der Waals surface area contributed by atoms with Gasteiger partial charge in [-0.1, -0.05) is 48.0 Å². The molecule has 0 radical (unpaired) electrons. The van der Waals surface area contributed by atoms with E-state index >= 15 is 0 Å². The quantitative estimate of drug-likeness (QED) is 0.714. The van der Waals surface area contributed by atoms with Gasteiger partial charge >= 0.3 is 0 Å². The summed E-state index contributed by atoms with van der Waals surface area (Å²) < 4.78 is 1.69. The van der Waals surface area contributed by atoms with E-state index < -0.39 is 5.91 Å². The van der Waals surface area contributed by atoms with Crippen molar-refractivity contribution >= 4 is 23.7 Å². The zero-order valence-corrected chi connectivity index (χ0v) is 14.6. The lowest BCUT2D eigenvalue weighted by Gasteiger charge is -2.13. The highest BCUT2D eigenvalue weighted by Crippen LogP contribution is 2.27. The van der Waals surface area contributed by atoms with Gasteiger partial charge in [0.1, 0.15) is 10.9 Å². The number of halogens is 1. The molecule has 0 aliphatic carbocycles. The third kappa shape index (κ3) is 2.95. The minimum Gasteiger partial charge on any atom is -0.266 e. The molecule has 7 heteroatoms. The highest BCUT2D eigenvalue weighted by molar-refractivity contribution is 6.43. The molecule has 128 valence electrons. The van der Waals surface area contributed by atoms with Gasteiger partial charge in [0.15, 0.2) is 11.6 Å². The fourth-order valence-corrected chi connectivity index (χ4v) is 2.91. The van der Waals surface area contributed by atoms with E-state index in [1.165, 1.54) is 6.21 Å². The van der Waals surface area contributed by atoms with E-state index in [1.54, 1.807) is 17.0 Å². The fourth-order valence-electron chi connectivity index (χ4n) is 2.73. The molecule has 0 N–H and O–H groups in total. The number of dihydropyridines is 1. The van der Waals surface area contributed by atoms with Crippen LogP contribution in [-0.2, 0) is 4.79 Å². The number of pyridine rings is 1. The normalized spacial score (nSPS) is 16.6. The van der Waals surface area contributed by atoms with E-state index in [9.17, 15) is 4.79 Å². The summed E-state index contributed by atoms with van der Waals surface area (Å²) in [6.07, 6.45) is 4.86. The molecule has 0 saturated heterocycles. The van der Waals surface area contributed by atoms with E-state index in [4.69, 9.17) is 11.6 Å². The molecule has 0 bridgehead atoms. The average Bonchev–Trinajstić information content (AvgIpc) is 3.10. The van der Waals surface area contributed by atoms with Crippen molar-refractivity contribution in [2.24, 2.45) is 4.99 Å². The van der Waals surface area contributed by atoms with Crippen molar-refractivity contribution in [2.75, 3.05) is 0 Å². The number of hydrogen-bond donors (Lipinski definition) is 0. The smallest absolute Gasteiger partial charge is 0.266 e. The average molecular weight is 364 g/mol. The van der Waals surface area contributed by atoms with Gasteiger partial charge in [0.05, 0.1) is 5.92 Å². The molecule has 1 amide bonds. The monoisotopic (exact) mass is 363 g/mol. The van der Waals surface area contributed by atoms with Crippen LogP contribution in [0.5, 0.6) is 0 Å². The molecule has 4 rings (SSSR count). The van der Waals surface area contributed by atoms with Crippen molar-refractivity contribution in [3.8, 4) is 17.2 Å². The second kappa shape index (κ2) is 6.65. The molecule has 1 aromatic carbocycles. The van der Waals surface area contributed by atoms with Crippen LogP contribution in [0.3, 0.4) is 0 Å². The lowest BCUT2D eigenvalue weighted by atomic mass is 10.1. The van der Waals surface area contributed by atoms with Crippen LogP contribution in [0.4, 0.5) is 0 Å². The maximum absolute atomic E-state index is 11.6. The number of carbonyl (C=O) groups is 1. The minimum atomic E-state index is -0.453. The molecule has 2 aromatic heterocycles. The number of carbonyl (C=O) groups excluding carboxylic acids is 1. The van der Waals surface area contributed by atoms with Crippen molar-refractivity contribution in [3.63, 3.8) is 0 Å². The van der Waals surface area contributed by atoms with Gasteiger partial charge in [-0.2, -0.15) is 4.68 Å². The van der Waals surface area contributed by atoms with Crippen molar-refractivity contribution in [1.29, 1.82) is 0 Å². The molecule has 6 nitrogen and oxygen atoms in total. The summed E-state index contributed by atoms with van der Waals surface area (Å²) in [6, 6.07) is 13.5. The largest absolute Gasteiger partial charge is 0.287 e. The van der Waals surface area contributed by atoms with Crippen LogP contribution >= 0.6 is 11.6 Å². The third-order valence-corrected chi connectivity index (χ3v) is 4.31. The van der Waals surface area contributed by atoms with E-state index in [0.717, 1.165) is 11.1 Å². The van der Waals surface area contributed by atoms with Gasteiger partial charge in [-0.3, -0.25) is 4.79 Å². The molecule has 0 saturated carbocycles. The number of aromatic nitrogens is 4. The molecule has 3 heterocycles. The van der Waals surface area contributed by atoms with Crippen molar-refractivity contribution in [3.05, 3.63) is 71.2 Å². The van der Waals surface area contributed by atoms with Crippen molar-refractivity contribution < 1.29 is 4.79 Å². The second-order valence-electron chi connectivity index (χ2n) is 5.84. The molecule has 1 unspecified atom stereocenters. The first-order valence-electron chi connectivity index (χ1n) is 8.03. The molecule has 1 atom stereocenters. The van der Waals surface area contributed by atoms with Crippen LogP contribution in [0, 0.1) is 6.92 Å². The number of aryl methyl sites for hydroxylation is 1. The van der Waals surface area contributed by atoms with Gasteiger partial charge in [-0.25, -0.2) is 15.0 Å². The lowest BCUT2D eigenvalue weighted by molar-refractivity contribution is -0.113. The van der Waals surface area contributed by atoms with Gasteiger partial charge in [0, 0.05) is 18.0 Å². The van der Waals surface area contributed by atoms with E-state index in [1.807, 2.05) is 49.4 Å². The molecule has 3 aromatic rings. The Bertz CT molecular complexity index is 1040. The topological polar surface area (TPSA) is 73.0 Å². The predicted molar refractivity (Wildman–Crippen MR) is 99.5 cm³/mol. The highest BCUT2D eigenvalue weighted by atomic mass is 35.5. The Hall–Kier alpha value is -3.12. The van der Waals surface area contributed by atoms with Gasteiger partial charge in [-0.05, 0) is 24.6 Å². The minimum absolute atomic E-state index is 0.0750. The van der Waals surface area contributed by atoms with Crippen molar-refractivity contribution in [2.45, 2.75) is 12.8 Å².